The number of carbonyl (C=O) groups is 1. The Hall–Kier alpha value is -1.59. The quantitative estimate of drug-likeness (QED) is 0.650. The van der Waals surface area contributed by atoms with Crippen molar-refractivity contribution in [1.29, 1.82) is 0 Å². The molecule has 0 aliphatic carbocycles. The number of nitrogens with two attached hydrogens (primary N) is 1. The minimum atomic E-state index is 0.133. The summed E-state index contributed by atoms with van der Waals surface area (Å²) < 4.78 is 5.82. The Morgan fingerprint density at radius 1 is 1.19 bits per heavy atom. The fraction of sp³-hybridized carbons (Fsp3) is 0.667. The van der Waals surface area contributed by atoms with Crippen molar-refractivity contribution in [2.45, 2.75) is 52.1 Å². The van der Waals surface area contributed by atoms with Crippen molar-refractivity contribution < 1.29 is 9.53 Å². The number of likely N-dealkylation sites (tertiary alicyclic amines) is 1. The van der Waals surface area contributed by atoms with E-state index >= 15 is 0 Å². The van der Waals surface area contributed by atoms with Crippen molar-refractivity contribution in [3.05, 3.63) is 29.8 Å². The fourth-order valence-corrected chi connectivity index (χ4v) is 3.38. The van der Waals surface area contributed by atoms with Gasteiger partial charge in [-0.2, -0.15) is 0 Å². The standard InChI is InChI=1S/C21H35N3O2/c1-3-5-14-23(4-2)19-9-7-18(8-10-19)21(25)24-15-11-20(12-16-24)26-17-6-13-22/h7-10,20H,3-6,11-17,22H2,1-2H3. The summed E-state index contributed by atoms with van der Waals surface area (Å²) in [6, 6.07) is 8.09. The van der Waals surface area contributed by atoms with Crippen LogP contribution in [-0.4, -0.2) is 56.2 Å². The molecule has 5 nitrogen and oxygen atoms in total. The molecule has 1 aromatic rings. The molecule has 0 aromatic heterocycles. The number of unbranched alkanes of at least 4 members (excludes halogenated alkanes) is 1. The summed E-state index contributed by atoms with van der Waals surface area (Å²) in [4.78, 5) is 17.1. The van der Waals surface area contributed by atoms with Crippen molar-refractivity contribution in [1.82, 2.24) is 4.90 Å². The molecule has 1 fully saturated rings. The molecule has 0 radical (unpaired) electrons. The molecule has 1 saturated heterocycles. The van der Waals surface area contributed by atoms with Gasteiger partial charge in [-0.25, -0.2) is 0 Å². The Morgan fingerprint density at radius 3 is 2.46 bits per heavy atom. The molecule has 5 heteroatoms. The maximum Gasteiger partial charge on any atom is 0.253 e. The lowest BCUT2D eigenvalue weighted by Gasteiger charge is -2.32. The van der Waals surface area contributed by atoms with Gasteiger partial charge in [0.15, 0.2) is 0 Å². The highest BCUT2D eigenvalue weighted by atomic mass is 16.5. The number of amides is 1. The molecule has 1 amide bonds. The second-order valence-electron chi connectivity index (χ2n) is 6.98. The molecule has 0 spiro atoms. The zero-order chi connectivity index (χ0) is 18.8. The number of hydrogen-bond donors (Lipinski definition) is 1. The molecule has 0 saturated carbocycles. The number of rotatable bonds is 10. The molecular formula is C21H35N3O2. The number of ether oxygens (including phenoxy) is 1. The van der Waals surface area contributed by atoms with E-state index in [1.165, 1.54) is 18.5 Å². The second kappa shape index (κ2) is 11.2. The number of nitrogens with zero attached hydrogens (tertiary/aromatic N) is 2. The summed E-state index contributed by atoms with van der Waals surface area (Å²) >= 11 is 0. The van der Waals surface area contributed by atoms with E-state index in [1.54, 1.807) is 0 Å². The van der Waals surface area contributed by atoms with E-state index in [0.717, 1.165) is 57.6 Å². The van der Waals surface area contributed by atoms with Crippen LogP contribution in [0.2, 0.25) is 0 Å². The Balaban J connectivity index is 1.86. The third-order valence-electron chi connectivity index (χ3n) is 5.07. The van der Waals surface area contributed by atoms with Gasteiger partial charge in [0.1, 0.15) is 0 Å². The third kappa shape index (κ3) is 5.99. The summed E-state index contributed by atoms with van der Waals surface area (Å²) in [5.74, 6) is 0.133. The SMILES string of the molecule is CCCCN(CC)c1ccc(C(=O)N2CCC(OCCCN)CC2)cc1. The lowest BCUT2D eigenvalue weighted by atomic mass is 10.1. The summed E-state index contributed by atoms with van der Waals surface area (Å²) in [6.07, 6.45) is 5.38. The summed E-state index contributed by atoms with van der Waals surface area (Å²) in [5, 5.41) is 0. The van der Waals surface area contributed by atoms with Gasteiger partial charge in [0.2, 0.25) is 0 Å². The monoisotopic (exact) mass is 361 g/mol. The molecular weight excluding hydrogens is 326 g/mol. The highest BCUT2D eigenvalue weighted by Gasteiger charge is 2.24. The van der Waals surface area contributed by atoms with E-state index in [1.807, 2.05) is 17.0 Å². The Kier molecular flexibility index (Phi) is 8.92. The molecule has 26 heavy (non-hydrogen) atoms. The Bertz CT molecular complexity index is 525. The number of hydrogen-bond acceptors (Lipinski definition) is 4. The Labute approximate surface area is 158 Å². The van der Waals surface area contributed by atoms with Crippen LogP contribution >= 0.6 is 0 Å². The van der Waals surface area contributed by atoms with Crippen LogP contribution in [0.3, 0.4) is 0 Å². The molecule has 146 valence electrons. The van der Waals surface area contributed by atoms with Crippen molar-refractivity contribution in [3.63, 3.8) is 0 Å². The van der Waals surface area contributed by atoms with Crippen LogP contribution in [0.1, 0.15) is 56.3 Å². The number of carbonyl (C=O) groups excluding carboxylic acids is 1. The predicted octanol–water partition coefficient (Wildman–Crippen LogP) is 3.28. The minimum absolute atomic E-state index is 0.133. The summed E-state index contributed by atoms with van der Waals surface area (Å²) in [6.45, 7) is 9.38. The smallest absolute Gasteiger partial charge is 0.253 e. The van der Waals surface area contributed by atoms with Gasteiger partial charge in [-0.1, -0.05) is 13.3 Å². The maximum atomic E-state index is 12.7. The summed E-state index contributed by atoms with van der Waals surface area (Å²) in [7, 11) is 0. The average Bonchev–Trinajstić information content (AvgIpc) is 2.69. The van der Waals surface area contributed by atoms with Gasteiger partial charge < -0.3 is 20.3 Å². The molecule has 1 aromatic carbocycles. The zero-order valence-corrected chi connectivity index (χ0v) is 16.5. The average molecular weight is 362 g/mol. The van der Waals surface area contributed by atoms with Gasteiger partial charge in [-0.15, -0.1) is 0 Å². The third-order valence-corrected chi connectivity index (χ3v) is 5.07. The first-order chi connectivity index (χ1) is 12.7. The lowest BCUT2D eigenvalue weighted by molar-refractivity contribution is 0.00845. The van der Waals surface area contributed by atoms with E-state index in [2.05, 4.69) is 30.9 Å². The van der Waals surface area contributed by atoms with E-state index in [0.29, 0.717) is 6.54 Å². The Morgan fingerprint density at radius 2 is 1.88 bits per heavy atom. The lowest BCUT2D eigenvalue weighted by Crippen LogP contribution is -2.41. The van der Waals surface area contributed by atoms with Crippen LogP contribution in [0.25, 0.3) is 0 Å². The second-order valence-corrected chi connectivity index (χ2v) is 6.98. The molecule has 0 atom stereocenters. The highest BCUT2D eigenvalue weighted by Crippen LogP contribution is 2.20. The van der Waals surface area contributed by atoms with Crippen LogP contribution in [0.5, 0.6) is 0 Å². The predicted molar refractivity (Wildman–Crippen MR) is 108 cm³/mol. The van der Waals surface area contributed by atoms with E-state index < -0.39 is 0 Å². The fourth-order valence-electron chi connectivity index (χ4n) is 3.38. The first kappa shape index (κ1) is 20.7. The minimum Gasteiger partial charge on any atom is -0.378 e. The van der Waals surface area contributed by atoms with Crippen molar-refractivity contribution in [2.24, 2.45) is 5.73 Å². The van der Waals surface area contributed by atoms with Gasteiger partial charge in [-0.3, -0.25) is 4.79 Å². The van der Waals surface area contributed by atoms with Crippen LogP contribution in [0.15, 0.2) is 24.3 Å². The van der Waals surface area contributed by atoms with E-state index in [9.17, 15) is 4.79 Å². The van der Waals surface area contributed by atoms with Crippen LogP contribution < -0.4 is 10.6 Å². The largest absolute Gasteiger partial charge is 0.378 e. The van der Waals surface area contributed by atoms with Crippen LogP contribution in [0.4, 0.5) is 5.69 Å². The molecule has 1 aliphatic rings. The van der Waals surface area contributed by atoms with Gasteiger partial charge in [0, 0.05) is 44.0 Å². The molecule has 1 heterocycles. The molecule has 1 aliphatic heterocycles. The number of benzene rings is 1. The van der Waals surface area contributed by atoms with Gasteiger partial charge in [0.25, 0.3) is 5.91 Å². The van der Waals surface area contributed by atoms with Crippen molar-refractivity contribution in [3.8, 4) is 0 Å². The van der Waals surface area contributed by atoms with Gasteiger partial charge >= 0.3 is 0 Å². The van der Waals surface area contributed by atoms with Gasteiger partial charge in [0.05, 0.1) is 6.10 Å². The maximum absolute atomic E-state index is 12.7. The number of anilines is 1. The first-order valence-corrected chi connectivity index (χ1v) is 10.2. The van der Waals surface area contributed by atoms with Crippen molar-refractivity contribution >= 4 is 11.6 Å². The molecule has 0 bridgehead atoms. The van der Waals surface area contributed by atoms with E-state index in [-0.39, 0.29) is 12.0 Å². The normalized spacial score (nSPS) is 15.3. The van der Waals surface area contributed by atoms with Gasteiger partial charge in [-0.05, 0) is 63.4 Å². The molecule has 2 rings (SSSR count). The molecule has 2 N–H and O–H groups in total. The van der Waals surface area contributed by atoms with Crippen molar-refractivity contribution in [2.75, 3.05) is 44.2 Å². The van der Waals surface area contributed by atoms with Crippen LogP contribution in [0, 0.1) is 0 Å². The highest BCUT2D eigenvalue weighted by molar-refractivity contribution is 5.94. The number of piperidine rings is 1. The van der Waals surface area contributed by atoms with E-state index in [4.69, 9.17) is 10.5 Å². The van der Waals surface area contributed by atoms with Crippen LogP contribution in [-0.2, 0) is 4.74 Å². The topological polar surface area (TPSA) is 58.8 Å². The molecule has 0 unspecified atom stereocenters. The first-order valence-electron chi connectivity index (χ1n) is 10.2. The summed E-state index contributed by atoms with van der Waals surface area (Å²) in [5.41, 5.74) is 7.48. The zero-order valence-electron chi connectivity index (χ0n) is 16.5.